The van der Waals surface area contributed by atoms with Crippen molar-refractivity contribution in [1.82, 2.24) is 20.1 Å². The Kier molecular flexibility index (Phi) is 6.00. The summed E-state index contributed by atoms with van der Waals surface area (Å²) in [7, 11) is 1.53. The number of fused-ring (bicyclic) bond motifs is 1. The summed E-state index contributed by atoms with van der Waals surface area (Å²) in [6, 6.07) is 11.3. The van der Waals surface area contributed by atoms with Crippen LogP contribution >= 0.6 is 0 Å². The predicted octanol–water partition coefficient (Wildman–Crippen LogP) is 1.46. The molecule has 3 N–H and O–H groups in total. The normalized spacial score (nSPS) is 19.4. The number of morpholine rings is 1. The zero-order valence-electron chi connectivity index (χ0n) is 19.5. The van der Waals surface area contributed by atoms with Gasteiger partial charge in [-0.3, -0.25) is 14.9 Å². The van der Waals surface area contributed by atoms with Crippen molar-refractivity contribution in [2.45, 2.75) is 12.1 Å². The fourth-order valence-corrected chi connectivity index (χ4v) is 4.28. The fraction of sp³-hybridized carbons (Fsp3) is 0.269. The van der Waals surface area contributed by atoms with Crippen molar-refractivity contribution in [2.75, 3.05) is 33.4 Å². The SMILES string of the molecule is COc1ccc2cn(C[C@@]3(C#Cc4ccc(C(=O)N5CCOCC5)cc4)NC(=O)NC3=O)c(O)c2c1. The van der Waals surface area contributed by atoms with Crippen molar-refractivity contribution in [2.24, 2.45) is 0 Å². The Labute approximate surface area is 206 Å². The topological polar surface area (TPSA) is 122 Å². The van der Waals surface area contributed by atoms with Crippen LogP contribution in [0.5, 0.6) is 11.6 Å². The quantitative estimate of drug-likeness (QED) is 0.378. The lowest BCUT2D eigenvalue weighted by Crippen LogP contribution is -2.49. The Hall–Kier alpha value is -4.49. The summed E-state index contributed by atoms with van der Waals surface area (Å²) in [6.45, 7) is 2.02. The maximum Gasteiger partial charge on any atom is 0.323 e. The maximum absolute atomic E-state index is 12.8. The highest BCUT2D eigenvalue weighted by molar-refractivity contribution is 6.09. The average molecular weight is 489 g/mol. The first kappa shape index (κ1) is 23.3. The number of rotatable bonds is 4. The zero-order chi connectivity index (χ0) is 25.3. The Morgan fingerprint density at radius 1 is 1.17 bits per heavy atom. The number of methoxy groups -OCH3 is 1. The molecule has 2 aliphatic rings. The van der Waals surface area contributed by atoms with Gasteiger partial charge < -0.3 is 29.4 Å². The fourth-order valence-electron chi connectivity index (χ4n) is 4.28. The number of amides is 4. The van der Waals surface area contributed by atoms with Crippen LogP contribution in [0.3, 0.4) is 0 Å². The van der Waals surface area contributed by atoms with Crippen LogP contribution in [0, 0.1) is 11.8 Å². The van der Waals surface area contributed by atoms with Crippen LogP contribution in [-0.2, 0) is 16.1 Å². The van der Waals surface area contributed by atoms with Crippen molar-refractivity contribution >= 4 is 28.6 Å². The molecule has 3 heterocycles. The molecule has 0 radical (unpaired) electrons. The molecule has 2 fully saturated rings. The van der Waals surface area contributed by atoms with Crippen molar-refractivity contribution in [3.05, 3.63) is 59.8 Å². The first-order valence-corrected chi connectivity index (χ1v) is 11.4. The maximum atomic E-state index is 12.8. The minimum absolute atomic E-state index is 0.0787. The molecular formula is C26H24N4O6. The number of ether oxygens (including phenoxy) is 2. The molecule has 10 heteroatoms. The number of nitrogens with one attached hydrogen (secondary N) is 2. The van der Waals surface area contributed by atoms with Crippen LogP contribution in [0.15, 0.2) is 48.7 Å². The summed E-state index contributed by atoms with van der Waals surface area (Å²) < 4.78 is 12.0. The molecule has 5 rings (SSSR count). The van der Waals surface area contributed by atoms with Gasteiger partial charge in [-0.25, -0.2) is 4.79 Å². The van der Waals surface area contributed by atoms with E-state index in [4.69, 9.17) is 9.47 Å². The Morgan fingerprint density at radius 3 is 2.58 bits per heavy atom. The minimum atomic E-state index is -1.60. The van der Waals surface area contributed by atoms with E-state index in [1.807, 2.05) is 0 Å². The molecule has 0 aliphatic carbocycles. The van der Waals surface area contributed by atoms with Gasteiger partial charge in [0.1, 0.15) is 5.75 Å². The predicted molar refractivity (Wildman–Crippen MR) is 130 cm³/mol. The number of nitrogens with zero attached hydrogens (tertiary/aromatic N) is 2. The van der Waals surface area contributed by atoms with Gasteiger partial charge in [0.2, 0.25) is 5.54 Å². The highest BCUT2D eigenvalue weighted by Gasteiger charge is 2.46. The number of hydrogen-bond acceptors (Lipinski definition) is 6. The van der Waals surface area contributed by atoms with Crippen LogP contribution in [0.4, 0.5) is 4.79 Å². The van der Waals surface area contributed by atoms with Gasteiger partial charge in [0.15, 0.2) is 5.88 Å². The number of urea groups is 1. The van der Waals surface area contributed by atoms with Crippen molar-refractivity contribution in [3.8, 4) is 23.5 Å². The summed E-state index contributed by atoms with van der Waals surface area (Å²) in [6.07, 6.45) is 1.68. The third kappa shape index (κ3) is 4.32. The number of carbonyl (C=O) groups excluding carboxylic acids is 3. The van der Waals surface area contributed by atoms with Crippen LogP contribution in [0.2, 0.25) is 0 Å². The van der Waals surface area contributed by atoms with E-state index >= 15 is 0 Å². The molecule has 184 valence electrons. The smallest absolute Gasteiger partial charge is 0.323 e. The first-order valence-electron chi connectivity index (χ1n) is 11.4. The zero-order valence-corrected chi connectivity index (χ0v) is 19.5. The summed E-state index contributed by atoms with van der Waals surface area (Å²) >= 11 is 0. The second kappa shape index (κ2) is 9.28. The third-order valence-corrected chi connectivity index (χ3v) is 6.27. The van der Waals surface area contributed by atoms with E-state index in [-0.39, 0.29) is 18.3 Å². The summed E-state index contributed by atoms with van der Waals surface area (Å²) in [5.74, 6) is 5.61. The van der Waals surface area contributed by atoms with Crippen LogP contribution in [-0.4, -0.2) is 71.4 Å². The molecule has 1 aromatic heterocycles. The Morgan fingerprint density at radius 2 is 1.92 bits per heavy atom. The molecular weight excluding hydrogens is 464 g/mol. The van der Waals surface area contributed by atoms with Gasteiger partial charge in [-0.05, 0) is 42.5 Å². The van der Waals surface area contributed by atoms with Gasteiger partial charge in [0.05, 0.1) is 26.9 Å². The monoisotopic (exact) mass is 488 g/mol. The van der Waals surface area contributed by atoms with Crippen molar-refractivity contribution in [3.63, 3.8) is 0 Å². The highest BCUT2D eigenvalue weighted by atomic mass is 16.5. The van der Waals surface area contributed by atoms with E-state index in [9.17, 15) is 19.5 Å². The van der Waals surface area contributed by atoms with Crippen LogP contribution < -0.4 is 15.4 Å². The average Bonchev–Trinajstić information content (AvgIpc) is 3.36. The lowest BCUT2D eigenvalue weighted by Gasteiger charge is -2.26. The van der Waals surface area contributed by atoms with E-state index < -0.39 is 17.5 Å². The molecule has 10 nitrogen and oxygen atoms in total. The first-order chi connectivity index (χ1) is 17.4. The minimum Gasteiger partial charge on any atom is -0.497 e. The number of imide groups is 1. The molecule has 2 aliphatic heterocycles. The number of aromatic nitrogens is 1. The van der Waals surface area contributed by atoms with Gasteiger partial charge in [-0.2, -0.15) is 0 Å². The molecule has 36 heavy (non-hydrogen) atoms. The molecule has 4 amide bonds. The van der Waals surface area contributed by atoms with Gasteiger partial charge >= 0.3 is 6.03 Å². The van der Waals surface area contributed by atoms with Crippen LogP contribution in [0.1, 0.15) is 15.9 Å². The summed E-state index contributed by atoms with van der Waals surface area (Å²) in [5, 5.41) is 16.9. The third-order valence-electron chi connectivity index (χ3n) is 6.27. The summed E-state index contributed by atoms with van der Waals surface area (Å²) in [4.78, 5) is 39.2. The van der Waals surface area contributed by atoms with Crippen molar-refractivity contribution in [1.29, 1.82) is 0 Å². The van der Waals surface area contributed by atoms with E-state index in [1.165, 1.54) is 11.7 Å². The number of carbonyl (C=O) groups is 3. The van der Waals surface area contributed by atoms with Gasteiger partial charge in [-0.15, -0.1) is 0 Å². The molecule has 2 saturated heterocycles. The van der Waals surface area contributed by atoms with E-state index in [2.05, 4.69) is 22.5 Å². The molecule has 0 spiro atoms. The standard InChI is InChI=1S/C26H24N4O6/c1-35-20-7-6-19-15-30(23(32)21(19)14-20)16-26(24(33)27-25(34)28-26)9-8-17-2-4-18(5-3-17)22(31)29-10-12-36-13-11-29/h2-7,14-15,32H,10-13,16H2,1H3,(H2,27,28,33,34)/t26-/m1/s1. The summed E-state index contributed by atoms with van der Waals surface area (Å²) in [5.41, 5.74) is -0.507. The van der Waals surface area contributed by atoms with E-state index in [0.717, 1.165) is 5.39 Å². The molecule has 1 atom stereocenters. The molecule has 0 saturated carbocycles. The molecule has 3 aromatic rings. The number of hydrogen-bond donors (Lipinski definition) is 3. The second-order valence-corrected chi connectivity index (χ2v) is 8.58. The Balaban J connectivity index is 1.42. The number of aromatic hydroxyl groups is 1. The van der Waals surface area contributed by atoms with E-state index in [0.29, 0.717) is 48.6 Å². The highest BCUT2D eigenvalue weighted by Crippen LogP contribution is 2.32. The molecule has 0 unspecified atom stereocenters. The molecule has 0 bridgehead atoms. The van der Waals surface area contributed by atoms with E-state index in [1.54, 1.807) is 53.6 Å². The Bertz CT molecular complexity index is 1410. The lowest BCUT2D eigenvalue weighted by atomic mass is 9.99. The van der Waals surface area contributed by atoms with Crippen LogP contribution in [0.25, 0.3) is 10.8 Å². The van der Waals surface area contributed by atoms with Crippen molar-refractivity contribution < 1.29 is 29.0 Å². The van der Waals surface area contributed by atoms with Gasteiger partial charge in [-0.1, -0.05) is 11.8 Å². The van der Waals surface area contributed by atoms with Gasteiger partial charge in [0.25, 0.3) is 11.8 Å². The van der Waals surface area contributed by atoms with Gasteiger partial charge in [0, 0.05) is 41.2 Å². The second-order valence-electron chi connectivity index (χ2n) is 8.58. The number of benzene rings is 2. The largest absolute Gasteiger partial charge is 0.497 e. The molecule has 2 aromatic carbocycles. The lowest BCUT2D eigenvalue weighted by molar-refractivity contribution is -0.122.